The second-order valence-electron chi connectivity index (χ2n) is 3.84. The van der Waals surface area contributed by atoms with E-state index in [1.807, 2.05) is 0 Å². The van der Waals surface area contributed by atoms with E-state index in [1.165, 1.54) is 23.7 Å². The molecular weight excluding hydrogens is 239 g/mol. The Hall–Kier alpha value is -0.301. The van der Waals surface area contributed by atoms with Crippen molar-refractivity contribution in [3.05, 3.63) is 35.9 Å². The van der Waals surface area contributed by atoms with Crippen LogP contribution in [0.4, 0.5) is 0 Å². The summed E-state index contributed by atoms with van der Waals surface area (Å²) in [4.78, 5) is 0.745. The Morgan fingerprint density at radius 2 is 2.07 bits per heavy atom. The molecule has 2 atom stereocenters. The summed E-state index contributed by atoms with van der Waals surface area (Å²) in [6.45, 7) is 0.374. The molecule has 1 aromatic rings. The molecule has 2 rings (SSSR count). The molecule has 1 aliphatic heterocycles. The van der Waals surface area contributed by atoms with Gasteiger partial charge in [0.15, 0.2) is 0 Å². The van der Waals surface area contributed by atoms with Crippen molar-refractivity contribution >= 4 is 15.0 Å². The molecule has 0 saturated carbocycles. The number of rotatable bonds is 2. The van der Waals surface area contributed by atoms with Gasteiger partial charge in [-0.15, -0.1) is 0 Å². The Morgan fingerprint density at radius 3 is 2.79 bits per heavy atom. The van der Waals surface area contributed by atoms with E-state index in [9.17, 15) is 0 Å². The molecule has 1 heterocycles. The van der Waals surface area contributed by atoms with Crippen LogP contribution in [0.15, 0.2) is 30.3 Å². The molecule has 1 saturated heterocycles. The Kier molecular flexibility index (Phi) is 3.63. The van der Waals surface area contributed by atoms with E-state index in [0.717, 1.165) is 19.8 Å². The number of aliphatic hydroxyl groups is 1. The third-order valence-corrected chi connectivity index (χ3v) is 5.63. The molecule has 0 aliphatic carbocycles. The fourth-order valence-corrected chi connectivity index (χ4v) is 5.10. The van der Waals surface area contributed by atoms with Crippen LogP contribution in [0.25, 0.3) is 0 Å². The van der Waals surface area contributed by atoms with E-state index in [0.29, 0.717) is 12.5 Å². The Morgan fingerprint density at radius 1 is 1.29 bits per heavy atom. The van der Waals surface area contributed by atoms with Gasteiger partial charge in [0.1, 0.15) is 0 Å². The summed E-state index contributed by atoms with van der Waals surface area (Å²) in [6, 6.07) is 10.8. The van der Waals surface area contributed by atoms with Crippen LogP contribution in [-0.2, 0) is 0 Å². The SMILES string of the molecule is OCC1CC[Se][C@H](c2ccccc2)C1. The number of hydrogen-bond acceptors (Lipinski definition) is 1. The van der Waals surface area contributed by atoms with Gasteiger partial charge in [0.05, 0.1) is 0 Å². The van der Waals surface area contributed by atoms with Crippen LogP contribution >= 0.6 is 0 Å². The third kappa shape index (κ3) is 2.38. The van der Waals surface area contributed by atoms with Crippen LogP contribution in [-0.4, -0.2) is 26.7 Å². The summed E-state index contributed by atoms with van der Waals surface area (Å²) in [6.07, 6.45) is 2.43. The molecule has 1 N–H and O–H groups in total. The average Bonchev–Trinajstić information content (AvgIpc) is 2.30. The third-order valence-electron chi connectivity index (χ3n) is 2.82. The topological polar surface area (TPSA) is 20.2 Å². The summed E-state index contributed by atoms with van der Waals surface area (Å²) in [5, 5.41) is 10.5. The molecule has 2 heteroatoms. The molecule has 0 amide bonds. The zero-order chi connectivity index (χ0) is 9.80. The molecule has 1 unspecified atom stereocenters. The van der Waals surface area contributed by atoms with Crippen molar-refractivity contribution in [2.24, 2.45) is 5.92 Å². The van der Waals surface area contributed by atoms with Gasteiger partial charge in [-0.3, -0.25) is 0 Å². The van der Waals surface area contributed by atoms with Crippen molar-refractivity contribution in [2.75, 3.05) is 6.61 Å². The first-order valence-electron chi connectivity index (χ1n) is 5.17. The van der Waals surface area contributed by atoms with Gasteiger partial charge in [-0.25, -0.2) is 0 Å². The average molecular weight is 255 g/mol. The maximum atomic E-state index is 9.16. The van der Waals surface area contributed by atoms with Crippen molar-refractivity contribution in [3.63, 3.8) is 0 Å². The summed E-state index contributed by atoms with van der Waals surface area (Å²) in [5.74, 6) is 0.552. The zero-order valence-corrected chi connectivity index (χ0v) is 9.94. The standard InChI is InChI=1S/C12H16OSe/c13-9-10-6-7-14-12(8-10)11-4-2-1-3-5-11/h1-5,10,12-13H,6-9H2/t10?,12-/m0/s1. The molecule has 76 valence electrons. The van der Waals surface area contributed by atoms with Gasteiger partial charge >= 0.3 is 91.5 Å². The van der Waals surface area contributed by atoms with E-state index < -0.39 is 0 Å². The Bertz CT molecular complexity index is 273. The van der Waals surface area contributed by atoms with Crippen molar-refractivity contribution < 1.29 is 5.11 Å². The summed E-state index contributed by atoms with van der Waals surface area (Å²) >= 11 is 0.743. The quantitative estimate of drug-likeness (QED) is 0.804. The van der Waals surface area contributed by atoms with Crippen LogP contribution in [0.2, 0.25) is 5.32 Å². The first-order chi connectivity index (χ1) is 6.90. The van der Waals surface area contributed by atoms with Crippen LogP contribution in [0.1, 0.15) is 23.2 Å². The molecule has 1 nitrogen and oxygen atoms in total. The number of aliphatic hydroxyl groups excluding tert-OH is 1. The fraction of sp³-hybridized carbons (Fsp3) is 0.500. The van der Waals surface area contributed by atoms with Crippen LogP contribution in [0.5, 0.6) is 0 Å². The molecule has 0 radical (unpaired) electrons. The predicted octanol–water partition coefficient (Wildman–Crippen LogP) is 2.25. The van der Waals surface area contributed by atoms with Gasteiger partial charge in [-0.2, -0.15) is 0 Å². The fourth-order valence-electron chi connectivity index (χ4n) is 1.93. The molecule has 1 aromatic carbocycles. The van der Waals surface area contributed by atoms with Crippen molar-refractivity contribution in [1.29, 1.82) is 0 Å². The summed E-state index contributed by atoms with van der Waals surface area (Å²) in [5.41, 5.74) is 1.48. The summed E-state index contributed by atoms with van der Waals surface area (Å²) < 4.78 is 0. The molecule has 14 heavy (non-hydrogen) atoms. The molecule has 0 bridgehead atoms. The zero-order valence-electron chi connectivity index (χ0n) is 8.23. The van der Waals surface area contributed by atoms with Gasteiger partial charge in [0, 0.05) is 0 Å². The molecule has 1 aliphatic rings. The van der Waals surface area contributed by atoms with Crippen molar-refractivity contribution in [2.45, 2.75) is 23.0 Å². The number of hydrogen-bond donors (Lipinski definition) is 1. The van der Waals surface area contributed by atoms with E-state index in [-0.39, 0.29) is 0 Å². The minimum absolute atomic E-state index is 0.374. The van der Waals surface area contributed by atoms with Crippen LogP contribution in [0, 0.1) is 5.92 Å². The first-order valence-corrected chi connectivity index (χ1v) is 7.37. The number of benzene rings is 1. The molecule has 1 fully saturated rings. The van der Waals surface area contributed by atoms with Crippen molar-refractivity contribution in [3.8, 4) is 0 Å². The molecular formula is C12H16OSe. The van der Waals surface area contributed by atoms with E-state index >= 15 is 0 Å². The Balaban J connectivity index is 2.04. The minimum atomic E-state index is 0.374. The van der Waals surface area contributed by atoms with Crippen LogP contribution < -0.4 is 0 Å². The monoisotopic (exact) mass is 256 g/mol. The summed E-state index contributed by atoms with van der Waals surface area (Å²) in [7, 11) is 0. The van der Waals surface area contributed by atoms with Crippen molar-refractivity contribution in [1.82, 2.24) is 0 Å². The van der Waals surface area contributed by atoms with Crippen LogP contribution in [0.3, 0.4) is 0 Å². The first kappa shape index (κ1) is 10.2. The van der Waals surface area contributed by atoms with E-state index in [1.54, 1.807) is 0 Å². The second-order valence-corrected chi connectivity index (χ2v) is 6.59. The predicted molar refractivity (Wildman–Crippen MR) is 59.6 cm³/mol. The van der Waals surface area contributed by atoms with Gasteiger partial charge in [0.25, 0.3) is 0 Å². The van der Waals surface area contributed by atoms with E-state index in [2.05, 4.69) is 30.3 Å². The second kappa shape index (κ2) is 4.97. The molecule has 0 aromatic heterocycles. The van der Waals surface area contributed by atoms with Gasteiger partial charge in [0.2, 0.25) is 0 Å². The maximum absolute atomic E-state index is 9.16. The molecule has 0 spiro atoms. The van der Waals surface area contributed by atoms with Gasteiger partial charge in [-0.05, 0) is 0 Å². The normalized spacial score (nSPS) is 27.5. The van der Waals surface area contributed by atoms with Gasteiger partial charge < -0.3 is 0 Å². The Labute approximate surface area is 91.7 Å². The van der Waals surface area contributed by atoms with Gasteiger partial charge in [-0.1, -0.05) is 0 Å². The van der Waals surface area contributed by atoms with E-state index in [4.69, 9.17) is 5.11 Å².